The second-order valence-electron chi connectivity index (χ2n) is 6.73. The molecule has 1 atom stereocenters. The number of nitrogens with one attached hydrogen (secondary N) is 1. The van der Waals surface area contributed by atoms with Gasteiger partial charge in [0.2, 0.25) is 25.0 Å². The number of thiol groups is 1. The van der Waals surface area contributed by atoms with E-state index in [1.807, 2.05) is 19.6 Å². The average Bonchev–Trinajstić information content (AvgIpc) is 2.85. The van der Waals surface area contributed by atoms with Crippen LogP contribution in [0.15, 0.2) is 22.6 Å². The topological polar surface area (TPSA) is 88.8 Å². The molecule has 2 N–H and O–H groups in total. The maximum absolute atomic E-state index is 14.1. The van der Waals surface area contributed by atoms with Gasteiger partial charge in [0.25, 0.3) is 0 Å². The highest BCUT2D eigenvalue weighted by Crippen LogP contribution is 2.49. The van der Waals surface area contributed by atoms with Gasteiger partial charge in [-0.1, -0.05) is 15.9 Å². The van der Waals surface area contributed by atoms with Gasteiger partial charge < -0.3 is 13.9 Å². The molecular formula is C16H20BrF2NO5SSi. The van der Waals surface area contributed by atoms with Gasteiger partial charge in [0.05, 0.1) is 10.4 Å². The first-order valence-corrected chi connectivity index (χ1v) is 13.5. The fraction of sp³-hybridized carbons (Fsp3) is 0.375. The normalized spacial score (nSPS) is 13.1. The van der Waals surface area contributed by atoms with Gasteiger partial charge in [-0.15, -0.1) is 0 Å². The van der Waals surface area contributed by atoms with Crippen LogP contribution in [0.3, 0.4) is 0 Å². The van der Waals surface area contributed by atoms with Crippen LogP contribution in [0.25, 0.3) is 11.3 Å². The Hall–Kier alpha value is -1.43. The first-order chi connectivity index (χ1) is 12.5. The standard InChI is InChI=1S/C16H20BrF2NO5SSi/c1-27(2,3)25-16-13(21)14(10-8-9(18)4-5-12(10)19)24-15(16)11(17)6-7-20-26(22)23/h4-5,8,11,21,26H,6-7H2,1-3H3,(H,20,22,23). The second-order valence-corrected chi connectivity index (χ2v) is 13.1. The van der Waals surface area contributed by atoms with E-state index in [1.165, 1.54) is 0 Å². The minimum Gasteiger partial charge on any atom is -0.539 e. The van der Waals surface area contributed by atoms with Gasteiger partial charge in [-0.3, -0.25) is 0 Å². The van der Waals surface area contributed by atoms with Gasteiger partial charge in [0.1, 0.15) is 11.6 Å². The third-order valence-corrected chi connectivity index (χ3v) is 5.54. The van der Waals surface area contributed by atoms with E-state index in [1.54, 1.807) is 0 Å². The summed E-state index contributed by atoms with van der Waals surface area (Å²) in [5.74, 6) is -1.90. The van der Waals surface area contributed by atoms with Crippen molar-refractivity contribution in [3.63, 3.8) is 0 Å². The van der Waals surface area contributed by atoms with Gasteiger partial charge in [0, 0.05) is 6.54 Å². The number of aromatic hydroxyl groups is 1. The van der Waals surface area contributed by atoms with Crippen molar-refractivity contribution < 1.29 is 31.1 Å². The fourth-order valence-corrected chi connectivity index (χ4v) is 3.95. The lowest BCUT2D eigenvalue weighted by atomic mass is 10.1. The third kappa shape index (κ3) is 5.77. The summed E-state index contributed by atoms with van der Waals surface area (Å²) in [4.78, 5) is -0.525. The summed E-state index contributed by atoms with van der Waals surface area (Å²) in [5, 5.41) is 10.6. The van der Waals surface area contributed by atoms with Crippen LogP contribution in [0.5, 0.6) is 11.5 Å². The van der Waals surface area contributed by atoms with Crippen molar-refractivity contribution in [3.8, 4) is 22.8 Å². The Morgan fingerprint density at radius 3 is 2.59 bits per heavy atom. The van der Waals surface area contributed by atoms with E-state index in [-0.39, 0.29) is 35.8 Å². The molecule has 0 aliphatic heterocycles. The van der Waals surface area contributed by atoms with Gasteiger partial charge in [-0.25, -0.2) is 21.9 Å². The zero-order valence-electron chi connectivity index (χ0n) is 14.9. The molecule has 0 bridgehead atoms. The molecule has 6 nitrogen and oxygen atoms in total. The lowest BCUT2D eigenvalue weighted by molar-refractivity contribution is 0.438. The molecule has 1 unspecified atom stereocenters. The van der Waals surface area contributed by atoms with Gasteiger partial charge in [-0.2, -0.15) is 0 Å². The van der Waals surface area contributed by atoms with E-state index < -0.39 is 41.4 Å². The number of hydrogen-bond donors (Lipinski definition) is 3. The van der Waals surface area contributed by atoms with E-state index in [4.69, 9.17) is 8.84 Å². The van der Waals surface area contributed by atoms with E-state index in [0.29, 0.717) is 0 Å². The maximum atomic E-state index is 14.1. The summed E-state index contributed by atoms with van der Waals surface area (Å²) < 4.78 is 62.8. The van der Waals surface area contributed by atoms with Crippen LogP contribution in [0.1, 0.15) is 17.0 Å². The van der Waals surface area contributed by atoms with Crippen LogP contribution in [-0.2, 0) is 10.9 Å². The van der Waals surface area contributed by atoms with E-state index in [9.17, 15) is 22.3 Å². The fourth-order valence-electron chi connectivity index (χ4n) is 2.30. The molecule has 0 aliphatic rings. The summed E-state index contributed by atoms with van der Waals surface area (Å²) >= 11 is 3.37. The van der Waals surface area contributed by atoms with Gasteiger partial charge >= 0.3 is 0 Å². The third-order valence-electron chi connectivity index (χ3n) is 3.37. The number of benzene rings is 1. The molecule has 2 aromatic rings. The quantitative estimate of drug-likeness (QED) is 0.299. The SMILES string of the molecule is C[Si](C)(C)Oc1c(C(Br)CCN[SH](=O)=O)oc(-c2cc(F)ccc2F)c1O. The molecule has 0 spiro atoms. The smallest absolute Gasteiger partial charge is 0.242 e. The van der Waals surface area contributed by atoms with Crippen molar-refractivity contribution in [1.29, 1.82) is 0 Å². The minimum atomic E-state index is -2.74. The number of alkyl halides is 1. The van der Waals surface area contributed by atoms with Crippen molar-refractivity contribution >= 4 is 35.1 Å². The van der Waals surface area contributed by atoms with Gasteiger partial charge in [0.15, 0.2) is 17.3 Å². The zero-order chi connectivity index (χ0) is 20.4. The Morgan fingerprint density at radius 1 is 1.33 bits per heavy atom. The molecule has 1 heterocycles. The summed E-state index contributed by atoms with van der Waals surface area (Å²) in [5.41, 5.74) is -0.236. The van der Waals surface area contributed by atoms with Crippen molar-refractivity contribution in [3.05, 3.63) is 35.6 Å². The Labute approximate surface area is 166 Å². The van der Waals surface area contributed by atoms with Crippen molar-refractivity contribution in [1.82, 2.24) is 4.72 Å². The molecule has 1 aromatic carbocycles. The highest BCUT2D eigenvalue weighted by atomic mass is 79.9. The Morgan fingerprint density at radius 2 is 2.00 bits per heavy atom. The summed E-state index contributed by atoms with van der Waals surface area (Å²) in [6.07, 6.45) is 0.281. The van der Waals surface area contributed by atoms with Crippen molar-refractivity contribution in [2.45, 2.75) is 30.9 Å². The highest BCUT2D eigenvalue weighted by molar-refractivity contribution is 9.09. The largest absolute Gasteiger partial charge is 0.539 e. The first-order valence-electron chi connectivity index (χ1n) is 8.01. The Balaban J connectivity index is 2.49. The highest BCUT2D eigenvalue weighted by Gasteiger charge is 2.31. The summed E-state index contributed by atoms with van der Waals surface area (Å²) in [6, 6.07) is 2.82. The van der Waals surface area contributed by atoms with Crippen LogP contribution in [-0.4, -0.2) is 28.4 Å². The first kappa shape index (κ1) is 21.9. The molecular weight excluding hydrogens is 464 g/mol. The summed E-state index contributed by atoms with van der Waals surface area (Å²) in [7, 11) is -4.93. The molecule has 150 valence electrons. The van der Waals surface area contributed by atoms with Crippen molar-refractivity contribution in [2.24, 2.45) is 0 Å². The molecule has 0 amide bonds. The van der Waals surface area contributed by atoms with Crippen LogP contribution in [0.4, 0.5) is 8.78 Å². The van der Waals surface area contributed by atoms with Gasteiger partial charge in [-0.05, 0) is 44.3 Å². The predicted molar refractivity (Wildman–Crippen MR) is 104 cm³/mol. The Bertz CT molecular complexity index is 890. The number of hydrogen-bond acceptors (Lipinski definition) is 5. The monoisotopic (exact) mass is 483 g/mol. The van der Waals surface area contributed by atoms with Crippen LogP contribution in [0.2, 0.25) is 19.6 Å². The van der Waals surface area contributed by atoms with Crippen LogP contribution >= 0.6 is 15.9 Å². The van der Waals surface area contributed by atoms with E-state index in [2.05, 4.69) is 20.7 Å². The summed E-state index contributed by atoms with van der Waals surface area (Å²) in [6.45, 7) is 5.78. The molecule has 2 rings (SSSR count). The molecule has 0 fully saturated rings. The lowest BCUT2D eigenvalue weighted by Gasteiger charge is -2.20. The van der Waals surface area contributed by atoms with Crippen LogP contribution < -0.4 is 9.15 Å². The maximum Gasteiger partial charge on any atom is 0.242 e. The Kier molecular flexibility index (Phi) is 7.06. The van der Waals surface area contributed by atoms with Crippen LogP contribution in [0, 0.1) is 11.6 Å². The van der Waals surface area contributed by atoms with E-state index in [0.717, 1.165) is 18.2 Å². The molecule has 27 heavy (non-hydrogen) atoms. The molecule has 0 saturated heterocycles. The average molecular weight is 484 g/mol. The van der Waals surface area contributed by atoms with Crippen molar-refractivity contribution in [2.75, 3.05) is 6.54 Å². The lowest BCUT2D eigenvalue weighted by Crippen LogP contribution is -2.29. The molecule has 0 aliphatic carbocycles. The molecule has 0 radical (unpaired) electrons. The second kappa shape index (κ2) is 8.72. The zero-order valence-corrected chi connectivity index (χ0v) is 18.4. The number of furan rings is 1. The number of halogens is 3. The molecule has 1 aromatic heterocycles. The van der Waals surface area contributed by atoms with E-state index >= 15 is 0 Å². The minimum absolute atomic E-state index is 0.0428. The molecule has 11 heteroatoms. The molecule has 0 saturated carbocycles. The number of rotatable bonds is 8. The predicted octanol–water partition coefficient (Wildman–Crippen LogP) is 4.09.